The number of amides is 1. The van der Waals surface area contributed by atoms with Gasteiger partial charge in [-0.15, -0.1) is 0 Å². The van der Waals surface area contributed by atoms with Crippen LogP contribution in [0, 0.1) is 0 Å². The maximum Gasteiger partial charge on any atom is 0.305 e. The summed E-state index contributed by atoms with van der Waals surface area (Å²) in [6, 6.07) is -0.543. The predicted octanol–water partition coefficient (Wildman–Crippen LogP) is 20.5. The number of hydrogen-bond donors (Lipinski definition) is 3. The van der Waals surface area contributed by atoms with Crippen LogP contribution in [0.3, 0.4) is 0 Å². The van der Waals surface area contributed by atoms with Gasteiger partial charge in [-0.05, 0) is 89.9 Å². The summed E-state index contributed by atoms with van der Waals surface area (Å²) in [5, 5.41) is 23.2. The van der Waals surface area contributed by atoms with Gasteiger partial charge in [0.2, 0.25) is 5.91 Å². The molecule has 0 rings (SSSR count). The zero-order valence-corrected chi connectivity index (χ0v) is 48.9. The normalized spacial score (nSPS) is 12.9. The molecule has 73 heavy (non-hydrogen) atoms. The summed E-state index contributed by atoms with van der Waals surface area (Å²) in [5.74, 6) is -0.0329. The Balaban J connectivity index is 3.39. The van der Waals surface area contributed by atoms with Gasteiger partial charge >= 0.3 is 5.97 Å². The maximum atomic E-state index is 12.4. The summed E-state index contributed by atoms with van der Waals surface area (Å²) in [6.45, 7) is 4.92. The van der Waals surface area contributed by atoms with E-state index in [2.05, 4.69) is 67.8 Å². The number of carbonyl (C=O) groups excluding carboxylic acids is 2. The van der Waals surface area contributed by atoms with Crippen LogP contribution in [-0.2, 0) is 14.3 Å². The van der Waals surface area contributed by atoms with Gasteiger partial charge in [-0.25, -0.2) is 0 Å². The molecule has 0 heterocycles. The quantitative estimate of drug-likeness (QED) is 0.0320. The lowest BCUT2D eigenvalue weighted by atomic mass is 10.0. The topological polar surface area (TPSA) is 95.9 Å². The van der Waals surface area contributed by atoms with E-state index >= 15 is 0 Å². The minimum absolute atomic E-state index is 0.00665. The molecule has 0 spiro atoms. The van der Waals surface area contributed by atoms with Gasteiger partial charge in [0.1, 0.15) is 0 Å². The number of nitrogens with one attached hydrogen (secondary N) is 1. The number of unbranched alkanes of at least 4 members (excludes halogenated alkanes) is 41. The van der Waals surface area contributed by atoms with Gasteiger partial charge in [-0.2, -0.15) is 0 Å². The van der Waals surface area contributed by atoms with Crippen molar-refractivity contribution in [2.75, 3.05) is 13.2 Å². The molecule has 2 unspecified atom stereocenters. The molecule has 0 saturated carbocycles. The Morgan fingerprint density at radius 2 is 0.685 bits per heavy atom. The predicted molar refractivity (Wildman–Crippen MR) is 319 cm³/mol. The van der Waals surface area contributed by atoms with Gasteiger partial charge < -0.3 is 20.3 Å². The summed E-state index contributed by atoms with van der Waals surface area (Å²) in [5.41, 5.74) is 0. The summed E-state index contributed by atoms with van der Waals surface area (Å²) < 4.78 is 5.50. The number of hydrogen-bond acceptors (Lipinski definition) is 5. The van der Waals surface area contributed by atoms with Crippen LogP contribution in [0.25, 0.3) is 0 Å². The average Bonchev–Trinajstić information content (AvgIpc) is 3.39. The highest BCUT2D eigenvalue weighted by Crippen LogP contribution is 2.17. The zero-order chi connectivity index (χ0) is 52.9. The Bertz CT molecular complexity index is 1230. The minimum Gasteiger partial charge on any atom is -0.466 e. The second-order valence-electron chi connectivity index (χ2n) is 22.1. The van der Waals surface area contributed by atoms with Crippen LogP contribution in [0.15, 0.2) is 48.6 Å². The molecule has 3 N–H and O–H groups in total. The molecule has 0 aliphatic carbocycles. The SMILES string of the molecule is CCCCC/C=C\C/C=C\CCCCCCCCCCCC(=O)OCCCCCCCCCCC/C=C\C/C=C\CCCCCCCCCCCCCC(=O)NC(CO)C(O)CCCCCCCCCCCC. The molecule has 0 aromatic rings. The molecule has 6 heteroatoms. The third-order valence-corrected chi connectivity index (χ3v) is 14.9. The Morgan fingerprint density at radius 3 is 1.07 bits per heavy atom. The van der Waals surface area contributed by atoms with Crippen LogP contribution in [-0.4, -0.2) is 47.4 Å². The van der Waals surface area contributed by atoms with Crippen molar-refractivity contribution in [1.29, 1.82) is 0 Å². The van der Waals surface area contributed by atoms with Crippen LogP contribution < -0.4 is 5.32 Å². The van der Waals surface area contributed by atoms with E-state index in [1.54, 1.807) is 0 Å². The second kappa shape index (κ2) is 62.4. The lowest BCUT2D eigenvalue weighted by Crippen LogP contribution is -2.45. The lowest BCUT2D eigenvalue weighted by molar-refractivity contribution is -0.143. The van der Waals surface area contributed by atoms with Crippen LogP contribution in [0.4, 0.5) is 0 Å². The van der Waals surface area contributed by atoms with Crippen LogP contribution in [0.5, 0.6) is 0 Å². The number of ether oxygens (including phenoxy) is 1. The van der Waals surface area contributed by atoms with E-state index in [-0.39, 0.29) is 18.5 Å². The van der Waals surface area contributed by atoms with E-state index in [9.17, 15) is 19.8 Å². The standard InChI is InChI=1S/C67H125NO5/c1-3-5-7-9-11-13-15-16-17-18-28-32-35-38-41-45-49-53-57-61-67(72)73-62-58-54-50-46-42-39-36-33-30-27-25-23-21-19-20-22-24-26-29-31-34-37-40-44-48-52-56-60-66(71)68-64(63-69)65(70)59-55-51-47-43-14-12-10-8-6-4-2/h11,13,16-17,19-20,23,25,64-65,69-70H,3-10,12,14-15,18,21-22,24,26-63H2,1-2H3,(H,68,71)/b13-11-,17-16-,20-19-,25-23-. The smallest absolute Gasteiger partial charge is 0.305 e. The number of allylic oxidation sites excluding steroid dienone is 8. The van der Waals surface area contributed by atoms with E-state index in [0.717, 1.165) is 57.8 Å². The third-order valence-electron chi connectivity index (χ3n) is 14.9. The molecule has 0 bridgehead atoms. The molecule has 1 amide bonds. The van der Waals surface area contributed by atoms with Crippen molar-refractivity contribution in [2.45, 2.75) is 353 Å². The summed E-state index contributed by atoms with van der Waals surface area (Å²) >= 11 is 0. The van der Waals surface area contributed by atoms with E-state index in [0.29, 0.717) is 25.9 Å². The van der Waals surface area contributed by atoms with Crippen molar-refractivity contribution < 1.29 is 24.5 Å². The van der Waals surface area contributed by atoms with Gasteiger partial charge in [0, 0.05) is 12.8 Å². The summed E-state index contributed by atoms with van der Waals surface area (Å²) in [7, 11) is 0. The first-order valence-corrected chi connectivity index (χ1v) is 32.4. The molecular formula is C67H125NO5. The van der Waals surface area contributed by atoms with Crippen LogP contribution in [0.1, 0.15) is 341 Å². The molecule has 0 aliphatic rings. The first-order valence-electron chi connectivity index (χ1n) is 32.4. The first kappa shape index (κ1) is 70.8. The van der Waals surface area contributed by atoms with Gasteiger partial charge in [0.15, 0.2) is 0 Å². The van der Waals surface area contributed by atoms with Crippen molar-refractivity contribution in [3.63, 3.8) is 0 Å². The summed E-state index contributed by atoms with van der Waals surface area (Å²) in [6.07, 6.45) is 80.0. The molecule has 0 aliphatic heterocycles. The molecule has 2 atom stereocenters. The van der Waals surface area contributed by atoms with Crippen molar-refractivity contribution in [2.24, 2.45) is 0 Å². The number of aliphatic hydroxyl groups is 2. The van der Waals surface area contributed by atoms with Crippen molar-refractivity contribution in [3.8, 4) is 0 Å². The highest BCUT2D eigenvalue weighted by Gasteiger charge is 2.20. The molecular weight excluding hydrogens is 899 g/mol. The van der Waals surface area contributed by atoms with Crippen molar-refractivity contribution >= 4 is 11.9 Å². The maximum absolute atomic E-state index is 12.4. The van der Waals surface area contributed by atoms with E-state index in [1.165, 1.54) is 250 Å². The fourth-order valence-electron chi connectivity index (χ4n) is 9.88. The monoisotopic (exact) mass is 1020 g/mol. The lowest BCUT2D eigenvalue weighted by Gasteiger charge is -2.22. The molecule has 428 valence electrons. The molecule has 0 aromatic heterocycles. The van der Waals surface area contributed by atoms with E-state index < -0.39 is 12.1 Å². The Morgan fingerprint density at radius 1 is 0.384 bits per heavy atom. The van der Waals surface area contributed by atoms with Crippen LogP contribution in [0.2, 0.25) is 0 Å². The zero-order valence-electron chi connectivity index (χ0n) is 48.9. The van der Waals surface area contributed by atoms with Crippen molar-refractivity contribution in [1.82, 2.24) is 5.32 Å². The third kappa shape index (κ3) is 58.9. The Labute approximate surface area is 455 Å². The minimum atomic E-state index is -0.665. The first-order chi connectivity index (χ1) is 36.0. The number of aliphatic hydroxyl groups excluding tert-OH is 2. The summed E-state index contributed by atoms with van der Waals surface area (Å²) in [4.78, 5) is 24.5. The molecule has 0 fully saturated rings. The fourth-order valence-corrected chi connectivity index (χ4v) is 9.88. The van der Waals surface area contributed by atoms with Crippen molar-refractivity contribution in [3.05, 3.63) is 48.6 Å². The van der Waals surface area contributed by atoms with E-state index in [4.69, 9.17) is 4.74 Å². The Kier molecular flexibility index (Phi) is 60.5. The number of carbonyl (C=O) groups is 2. The molecule has 0 saturated heterocycles. The van der Waals surface area contributed by atoms with E-state index in [1.807, 2.05) is 0 Å². The fraction of sp³-hybridized carbons (Fsp3) is 0.851. The molecule has 0 radical (unpaired) electrons. The molecule has 6 nitrogen and oxygen atoms in total. The number of esters is 1. The van der Waals surface area contributed by atoms with Gasteiger partial charge in [0.05, 0.1) is 25.4 Å². The highest BCUT2D eigenvalue weighted by atomic mass is 16.5. The number of rotatable bonds is 60. The van der Waals surface area contributed by atoms with Gasteiger partial charge in [0.25, 0.3) is 0 Å². The highest BCUT2D eigenvalue weighted by molar-refractivity contribution is 5.76. The second-order valence-corrected chi connectivity index (χ2v) is 22.1. The largest absolute Gasteiger partial charge is 0.466 e. The van der Waals surface area contributed by atoms with Gasteiger partial charge in [-0.1, -0.05) is 287 Å². The average molecular weight is 1020 g/mol. The van der Waals surface area contributed by atoms with Gasteiger partial charge in [-0.3, -0.25) is 9.59 Å². The Hall–Kier alpha value is -2.18. The van der Waals surface area contributed by atoms with Crippen LogP contribution >= 0.6 is 0 Å². The molecule has 0 aromatic carbocycles.